The quantitative estimate of drug-likeness (QED) is 0.913. The average Bonchev–Trinajstić information content (AvgIpc) is 2.67. The molecule has 1 heterocycles. The van der Waals surface area contributed by atoms with Gasteiger partial charge in [0.15, 0.2) is 0 Å². The highest BCUT2D eigenvalue weighted by molar-refractivity contribution is 7.99. The van der Waals surface area contributed by atoms with E-state index in [0.29, 0.717) is 22.7 Å². The molecule has 1 aromatic carbocycles. The smallest absolute Gasteiger partial charge is 0.281 e. The van der Waals surface area contributed by atoms with Gasteiger partial charge in [0, 0.05) is 18.4 Å². The highest BCUT2D eigenvalue weighted by atomic mass is 35.5. The molecule has 0 saturated heterocycles. The molecule has 0 saturated carbocycles. The number of aryl methyl sites for hydroxylation is 1. The van der Waals surface area contributed by atoms with Gasteiger partial charge in [-0.3, -0.25) is 0 Å². The molecule has 6 heteroatoms. The van der Waals surface area contributed by atoms with Crippen LogP contribution in [-0.4, -0.2) is 10.2 Å². The van der Waals surface area contributed by atoms with Crippen LogP contribution in [0.4, 0.5) is 0 Å². The van der Waals surface area contributed by atoms with Crippen LogP contribution < -0.4 is 5.73 Å². The Balaban J connectivity index is 2.21. The zero-order valence-electron chi connectivity index (χ0n) is 8.61. The fourth-order valence-electron chi connectivity index (χ4n) is 1.17. The maximum absolute atomic E-state index is 6.10. The summed E-state index contributed by atoms with van der Waals surface area (Å²) < 4.78 is 5.26. The van der Waals surface area contributed by atoms with E-state index in [4.69, 9.17) is 21.8 Å². The van der Waals surface area contributed by atoms with E-state index in [0.717, 1.165) is 10.5 Å². The Morgan fingerprint density at radius 1 is 1.44 bits per heavy atom. The van der Waals surface area contributed by atoms with E-state index < -0.39 is 0 Å². The number of nitrogens with two attached hydrogens (primary N) is 1. The van der Waals surface area contributed by atoms with E-state index in [2.05, 4.69) is 10.2 Å². The van der Waals surface area contributed by atoms with Crippen LogP contribution in [0.25, 0.3) is 0 Å². The summed E-state index contributed by atoms with van der Waals surface area (Å²) in [5.74, 6) is 0.539. The zero-order chi connectivity index (χ0) is 11.5. The van der Waals surface area contributed by atoms with Crippen LogP contribution in [0.15, 0.2) is 32.7 Å². The Bertz CT molecular complexity index is 501. The Hall–Kier alpha value is -1.04. The fourth-order valence-corrected chi connectivity index (χ4v) is 2.21. The third kappa shape index (κ3) is 2.55. The van der Waals surface area contributed by atoms with Gasteiger partial charge in [-0.25, -0.2) is 0 Å². The Morgan fingerprint density at radius 2 is 2.25 bits per heavy atom. The molecule has 1 aromatic heterocycles. The molecule has 0 spiro atoms. The normalized spacial score (nSPS) is 10.7. The average molecular weight is 256 g/mol. The molecule has 0 aliphatic rings. The van der Waals surface area contributed by atoms with Crippen molar-refractivity contribution in [1.29, 1.82) is 0 Å². The largest absolute Gasteiger partial charge is 0.416 e. The summed E-state index contributed by atoms with van der Waals surface area (Å²) in [7, 11) is 0. The van der Waals surface area contributed by atoms with Crippen molar-refractivity contribution in [2.45, 2.75) is 23.6 Å². The molecule has 0 aliphatic carbocycles. The lowest BCUT2D eigenvalue weighted by molar-refractivity contribution is 0.429. The van der Waals surface area contributed by atoms with Crippen LogP contribution in [-0.2, 0) is 6.54 Å². The van der Waals surface area contributed by atoms with Gasteiger partial charge in [0.05, 0.1) is 5.02 Å². The second-order valence-corrected chi connectivity index (χ2v) is 4.56. The minimum absolute atomic E-state index is 0.477. The summed E-state index contributed by atoms with van der Waals surface area (Å²) >= 11 is 7.44. The molecule has 0 unspecified atom stereocenters. The van der Waals surface area contributed by atoms with Gasteiger partial charge < -0.3 is 10.2 Å². The lowest BCUT2D eigenvalue weighted by Gasteiger charge is -2.02. The molecule has 0 radical (unpaired) electrons. The maximum atomic E-state index is 6.10. The van der Waals surface area contributed by atoms with Gasteiger partial charge in [0.1, 0.15) is 0 Å². The molecule has 2 N–H and O–H groups in total. The van der Waals surface area contributed by atoms with Gasteiger partial charge in [-0.15, -0.1) is 10.2 Å². The minimum Gasteiger partial charge on any atom is -0.416 e. The number of rotatable bonds is 3. The number of aromatic nitrogens is 2. The number of halogens is 1. The predicted octanol–water partition coefficient (Wildman–Crippen LogP) is 2.64. The summed E-state index contributed by atoms with van der Waals surface area (Å²) in [4.78, 5) is 0.877. The van der Waals surface area contributed by atoms with Crippen molar-refractivity contribution in [2.75, 3.05) is 0 Å². The molecule has 4 nitrogen and oxygen atoms in total. The highest BCUT2D eigenvalue weighted by Gasteiger charge is 2.08. The predicted molar refractivity (Wildman–Crippen MR) is 62.5 cm³/mol. The van der Waals surface area contributed by atoms with Gasteiger partial charge >= 0.3 is 0 Å². The van der Waals surface area contributed by atoms with Crippen LogP contribution in [0.1, 0.15) is 11.5 Å². The first kappa shape index (κ1) is 11.4. The maximum Gasteiger partial charge on any atom is 0.281 e. The zero-order valence-corrected chi connectivity index (χ0v) is 10.2. The Morgan fingerprint density at radius 3 is 2.81 bits per heavy atom. The van der Waals surface area contributed by atoms with Crippen molar-refractivity contribution in [3.8, 4) is 0 Å². The van der Waals surface area contributed by atoms with E-state index in [-0.39, 0.29) is 0 Å². The van der Waals surface area contributed by atoms with Crippen LogP contribution in [0, 0.1) is 6.92 Å². The van der Waals surface area contributed by atoms with Crippen LogP contribution >= 0.6 is 23.4 Å². The van der Waals surface area contributed by atoms with Crippen LogP contribution in [0.2, 0.25) is 5.02 Å². The number of nitrogens with zero attached hydrogens (tertiary/aromatic N) is 2. The second-order valence-electron chi connectivity index (χ2n) is 3.16. The summed E-state index contributed by atoms with van der Waals surface area (Å²) in [5, 5.41) is 8.76. The molecule has 84 valence electrons. The van der Waals surface area contributed by atoms with Crippen molar-refractivity contribution < 1.29 is 4.42 Å². The van der Waals surface area contributed by atoms with Crippen molar-refractivity contribution in [3.63, 3.8) is 0 Å². The van der Waals surface area contributed by atoms with Gasteiger partial charge in [-0.1, -0.05) is 17.7 Å². The van der Waals surface area contributed by atoms with Gasteiger partial charge in [-0.2, -0.15) is 0 Å². The van der Waals surface area contributed by atoms with E-state index in [9.17, 15) is 0 Å². The Labute approximate surface area is 102 Å². The SMILES string of the molecule is Cc1nnc(Sc2ccc(CN)cc2Cl)o1. The van der Waals surface area contributed by atoms with Crippen molar-refractivity contribution in [2.24, 2.45) is 5.73 Å². The first-order valence-corrected chi connectivity index (χ1v) is 5.85. The first-order valence-electron chi connectivity index (χ1n) is 4.65. The van der Waals surface area contributed by atoms with Gasteiger partial charge in [0.25, 0.3) is 5.22 Å². The summed E-state index contributed by atoms with van der Waals surface area (Å²) in [6.45, 7) is 2.22. The third-order valence-corrected chi connectivity index (χ3v) is 3.28. The first-order chi connectivity index (χ1) is 7.69. The molecule has 0 fully saturated rings. The van der Waals surface area contributed by atoms with Crippen molar-refractivity contribution in [1.82, 2.24) is 10.2 Å². The molecule has 16 heavy (non-hydrogen) atoms. The van der Waals surface area contributed by atoms with Gasteiger partial charge in [0.2, 0.25) is 5.89 Å². The van der Waals surface area contributed by atoms with E-state index in [1.54, 1.807) is 6.92 Å². The molecule has 2 rings (SSSR count). The molecule has 0 atom stereocenters. The van der Waals surface area contributed by atoms with Crippen LogP contribution in [0.5, 0.6) is 0 Å². The van der Waals surface area contributed by atoms with Crippen molar-refractivity contribution in [3.05, 3.63) is 34.7 Å². The molecule has 0 bridgehead atoms. The van der Waals surface area contributed by atoms with Gasteiger partial charge in [-0.05, 0) is 29.5 Å². The standard InChI is InChI=1S/C10H10ClN3OS/c1-6-13-14-10(15-6)16-9-3-2-7(5-12)4-8(9)11/h2-4H,5,12H2,1H3. The second kappa shape index (κ2) is 4.86. The number of hydrogen-bond donors (Lipinski definition) is 1. The molecule has 0 aliphatic heterocycles. The summed E-state index contributed by atoms with van der Waals surface area (Å²) in [6, 6.07) is 5.67. The Kier molecular flexibility index (Phi) is 3.48. The minimum atomic E-state index is 0.477. The van der Waals surface area contributed by atoms with E-state index >= 15 is 0 Å². The number of hydrogen-bond acceptors (Lipinski definition) is 5. The van der Waals surface area contributed by atoms with E-state index in [1.807, 2.05) is 18.2 Å². The third-order valence-electron chi connectivity index (χ3n) is 1.94. The van der Waals surface area contributed by atoms with Crippen molar-refractivity contribution >= 4 is 23.4 Å². The van der Waals surface area contributed by atoms with Crippen LogP contribution in [0.3, 0.4) is 0 Å². The molecule has 2 aromatic rings. The summed E-state index contributed by atoms with van der Waals surface area (Å²) in [5.41, 5.74) is 6.51. The number of benzene rings is 1. The molecule has 0 amide bonds. The lowest BCUT2D eigenvalue weighted by atomic mass is 10.2. The fraction of sp³-hybridized carbons (Fsp3) is 0.200. The monoisotopic (exact) mass is 255 g/mol. The molecular formula is C10H10ClN3OS. The topological polar surface area (TPSA) is 64.9 Å². The lowest BCUT2D eigenvalue weighted by Crippen LogP contribution is -1.95. The molecular weight excluding hydrogens is 246 g/mol. The highest BCUT2D eigenvalue weighted by Crippen LogP contribution is 2.32. The van der Waals surface area contributed by atoms with E-state index in [1.165, 1.54) is 11.8 Å². The summed E-state index contributed by atoms with van der Waals surface area (Å²) in [6.07, 6.45) is 0.